The molecular weight excluding hydrogens is 891 g/mol. The van der Waals surface area contributed by atoms with Gasteiger partial charge in [-0.3, -0.25) is 4.90 Å². The molecule has 0 spiro atoms. The summed E-state index contributed by atoms with van der Waals surface area (Å²) in [4.78, 5) is 23.0. The smallest absolute Gasteiger partial charge is 0.410 e. The van der Waals surface area contributed by atoms with E-state index in [-0.39, 0.29) is 75.4 Å². The van der Waals surface area contributed by atoms with Crippen molar-refractivity contribution in [1.29, 1.82) is 0 Å². The predicted molar refractivity (Wildman–Crippen MR) is 272 cm³/mol. The molecule has 70 heavy (non-hydrogen) atoms. The SMILES string of the molecule is C=CCO[C@@]12Oc3ccc(OCc4ccccc4F)cc3[C@H]3[C@H](CCCCO)[C@@H](CCCCO)C=C(C(=NOC(C)(C)C)C[C@@H]1N(Cc1ccc(F)cc1)C(=O)OCCCCCCCCCCCC)[C@H]32. The molecule has 3 aliphatic rings. The number of amides is 1. The van der Waals surface area contributed by atoms with Crippen LogP contribution in [0.2, 0.25) is 0 Å². The van der Waals surface area contributed by atoms with Gasteiger partial charge < -0.3 is 34.0 Å². The third-order valence-corrected chi connectivity index (χ3v) is 14.0. The Hall–Kier alpha value is -4.78. The predicted octanol–water partition coefficient (Wildman–Crippen LogP) is 13.5. The first kappa shape index (κ1) is 54.6. The van der Waals surface area contributed by atoms with Crippen LogP contribution in [-0.2, 0) is 27.5 Å². The van der Waals surface area contributed by atoms with Gasteiger partial charge in [0.15, 0.2) is 0 Å². The van der Waals surface area contributed by atoms with Gasteiger partial charge in [0, 0.05) is 43.2 Å². The van der Waals surface area contributed by atoms with Gasteiger partial charge >= 0.3 is 6.09 Å². The summed E-state index contributed by atoms with van der Waals surface area (Å²) in [5, 5.41) is 25.0. The Morgan fingerprint density at radius 1 is 0.886 bits per heavy atom. The Kier molecular flexibility index (Phi) is 21.2. The molecule has 0 radical (unpaired) electrons. The first-order chi connectivity index (χ1) is 33.9. The van der Waals surface area contributed by atoms with Crippen molar-refractivity contribution in [2.45, 2.75) is 173 Å². The number of aliphatic hydroxyl groups is 2. The van der Waals surface area contributed by atoms with Gasteiger partial charge in [0.05, 0.1) is 24.8 Å². The van der Waals surface area contributed by atoms with Crippen molar-refractivity contribution < 1.29 is 47.6 Å². The van der Waals surface area contributed by atoms with Gasteiger partial charge in [0.2, 0.25) is 5.79 Å². The van der Waals surface area contributed by atoms with Crippen LogP contribution in [0.4, 0.5) is 13.6 Å². The van der Waals surface area contributed by atoms with Gasteiger partial charge in [-0.05, 0) is 112 Å². The molecule has 12 heteroatoms. The van der Waals surface area contributed by atoms with Crippen LogP contribution in [0.1, 0.15) is 159 Å². The van der Waals surface area contributed by atoms with E-state index < -0.39 is 29.4 Å². The van der Waals surface area contributed by atoms with Gasteiger partial charge in [-0.25, -0.2) is 13.6 Å². The Morgan fingerprint density at radius 2 is 1.57 bits per heavy atom. The second-order valence-corrected chi connectivity index (χ2v) is 20.4. The zero-order valence-electron chi connectivity index (χ0n) is 42.4. The Morgan fingerprint density at radius 3 is 2.24 bits per heavy atom. The number of benzene rings is 3. The molecule has 0 aromatic heterocycles. The number of oxime groups is 1. The van der Waals surface area contributed by atoms with Crippen molar-refractivity contribution in [3.8, 4) is 11.5 Å². The molecule has 0 bridgehead atoms. The lowest BCUT2D eigenvalue weighted by molar-refractivity contribution is -0.256. The minimum atomic E-state index is -1.53. The van der Waals surface area contributed by atoms with Crippen LogP contribution in [0.15, 0.2) is 96.2 Å². The average molecular weight is 971 g/mol. The molecule has 6 rings (SSSR count). The van der Waals surface area contributed by atoms with Crippen molar-refractivity contribution in [2.75, 3.05) is 26.4 Å². The van der Waals surface area contributed by atoms with E-state index in [1.54, 1.807) is 41.3 Å². The fourth-order valence-corrected chi connectivity index (χ4v) is 10.6. The van der Waals surface area contributed by atoms with Crippen molar-refractivity contribution >= 4 is 11.8 Å². The summed E-state index contributed by atoms with van der Waals surface area (Å²) in [6.07, 6.45) is 19.4. The van der Waals surface area contributed by atoms with E-state index in [0.29, 0.717) is 41.2 Å². The maximum Gasteiger partial charge on any atom is 0.410 e. The number of allylic oxidation sites excluding steroid dienone is 1. The van der Waals surface area contributed by atoms with Crippen LogP contribution < -0.4 is 9.47 Å². The molecular formula is C58H80F2N2O8. The molecule has 1 fully saturated rings. The fraction of sp³-hybridized carbons (Fsp3) is 0.586. The lowest BCUT2D eigenvalue weighted by Gasteiger charge is -2.60. The summed E-state index contributed by atoms with van der Waals surface area (Å²) in [6.45, 7) is 12.6. The summed E-state index contributed by atoms with van der Waals surface area (Å²) in [6, 6.07) is 17.5. The van der Waals surface area contributed by atoms with Gasteiger partial charge in [-0.15, -0.1) is 6.58 Å². The second-order valence-electron chi connectivity index (χ2n) is 20.4. The highest BCUT2D eigenvalue weighted by atomic mass is 19.1. The molecule has 2 aliphatic carbocycles. The molecule has 1 aliphatic heterocycles. The number of halogens is 2. The normalized spacial score (nSPS) is 22.1. The number of fused-ring (bicyclic) bond motifs is 2. The first-order valence-corrected chi connectivity index (χ1v) is 26.2. The lowest BCUT2D eigenvalue weighted by atomic mass is 9.55. The van der Waals surface area contributed by atoms with Crippen molar-refractivity contribution in [3.05, 3.63) is 119 Å². The number of hydrogen-bond acceptors (Lipinski definition) is 9. The monoisotopic (exact) mass is 971 g/mol. The van der Waals surface area contributed by atoms with E-state index in [1.807, 2.05) is 39.0 Å². The van der Waals surface area contributed by atoms with Crippen LogP contribution in [0.3, 0.4) is 0 Å². The third-order valence-electron chi connectivity index (χ3n) is 14.0. The molecule has 0 saturated heterocycles. The topological polar surface area (TPSA) is 119 Å². The maximum absolute atomic E-state index is 15.0. The van der Waals surface area contributed by atoms with Crippen molar-refractivity contribution in [2.24, 2.45) is 22.9 Å². The number of hydrogen-bond donors (Lipinski definition) is 2. The van der Waals surface area contributed by atoms with Crippen LogP contribution in [0.5, 0.6) is 11.5 Å². The lowest BCUT2D eigenvalue weighted by Crippen LogP contribution is -2.70. The number of nitrogens with zero attached hydrogens (tertiary/aromatic N) is 2. The minimum absolute atomic E-state index is 0.0181. The molecule has 1 amide bonds. The van der Waals surface area contributed by atoms with E-state index in [0.717, 1.165) is 62.5 Å². The van der Waals surface area contributed by atoms with Crippen LogP contribution in [0.25, 0.3) is 0 Å². The summed E-state index contributed by atoms with van der Waals surface area (Å²) < 4.78 is 56.5. The summed E-state index contributed by atoms with van der Waals surface area (Å²) >= 11 is 0. The van der Waals surface area contributed by atoms with Crippen molar-refractivity contribution in [1.82, 2.24) is 4.90 Å². The second kappa shape index (κ2) is 27.2. The molecule has 384 valence electrons. The zero-order valence-corrected chi connectivity index (χ0v) is 42.4. The van der Waals surface area contributed by atoms with Gasteiger partial charge in [-0.1, -0.05) is 125 Å². The molecule has 0 unspecified atom stereocenters. The van der Waals surface area contributed by atoms with Gasteiger partial charge in [-0.2, -0.15) is 0 Å². The average Bonchev–Trinajstić information content (AvgIpc) is 3.34. The maximum atomic E-state index is 15.0. The highest BCUT2D eigenvalue weighted by molar-refractivity contribution is 6.03. The number of carbonyl (C=O) groups is 1. The molecule has 10 nitrogen and oxygen atoms in total. The molecule has 2 N–H and O–H groups in total. The summed E-state index contributed by atoms with van der Waals surface area (Å²) in [5.74, 6) is -2.05. The summed E-state index contributed by atoms with van der Waals surface area (Å²) in [7, 11) is 0. The Balaban J connectivity index is 1.47. The van der Waals surface area contributed by atoms with Crippen LogP contribution in [-0.4, -0.2) is 70.8 Å². The number of rotatable bonds is 29. The van der Waals surface area contributed by atoms with Crippen LogP contribution in [0, 0.1) is 29.4 Å². The van der Waals surface area contributed by atoms with Gasteiger partial charge in [0.1, 0.15) is 41.4 Å². The number of unbranched alkanes of at least 4 members (excludes halogenated alkanes) is 11. The zero-order chi connectivity index (χ0) is 49.9. The molecule has 3 aromatic carbocycles. The quantitative estimate of drug-likeness (QED) is 0.0401. The number of ether oxygens (including phenoxy) is 4. The minimum Gasteiger partial charge on any atom is -0.489 e. The molecule has 1 saturated carbocycles. The highest BCUT2D eigenvalue weighted by Gasteiger charge is 2.65. The molecule has 3 aromatic rings. The van der Waals surface area contributed by atoms with Crippen molar-refractivity contribution in [3.63, 3.8) is 0 Å². The van der Waals surface area contributed by atoms with Crippen LogP contribution >= 0.6 is 0 Å². The number of carbonyl (C=O) groups excluding carboxylic acids is 1. The van der Waals surface area contributed by atoms with E-state index in [1.165, 1.54) is 56.7 Å². The molecule has 1 heterocycles. The van der Waals surface area contributed by atoms with E-state index in [9.17, 15) is 19.0 Å². The fourth-order valence-electron chi connectivity index (χ4n) is 10.6. The van der Waals surface area contributed by atoms with Gasteiger partial charge in [0.25, 0.3) is 0 Å². The molecule has 6 atom stereocenters. The summed E-state index contributed by atoms with van der Waals surface area (Å²) in [5.41, 5.74) is 2.90. The Labute approximate surface area is 416 Å². The largest absolute Gasteiger partial charge is 0.489 e. The standard InChI is InChI=1S/C58H80F2N2O8/c1-6-8-9-10-11-12-13-14-15-22-36-66-56(65)62(40-42-27-29-45(59)30-28-42)53-39-51(61-70-57(3,4)5)48-37-43(23-18-20-33-63)47(25-19-21-34-64)54-49-38-46(67-41-44-24-16-17-26-50(44)60)31-32-52(49)69-58(53,55(48)54)68-35-7-2/h7,16-17,24,26-32,37-38,43,47,53-55,63-64H,2,6,8-15,18-23,25,33-36,39-41H2,1,3-5H3/t43-,47+,53-,54+,55+,58+/m0/s1. The Bertz CT molecular complexity index is 2160. The van der Waals surface area contributed by atoms with E-state index >= 15 is 4.79 Å². The number of aliphatic hydroxyl groups excluding tert-OH is 2. The van der Waals surface area contributed by atoms with E-state index in [2.05, 4.69) is 19.6 Å². The van der Waals surface area contributed by atoms with E-state index in [4.69, 9.17) is 28.9 Å². The highest BCUT2D eigenvalue weighted by Crippen LogP contribution is 2.62. The third kappa shape index (κ3) is 14.7. The first-order valence-electron chi connectivity index (χ1n) is 26.2.